The van der Waals surface area contributed by atoms with E-state index in [1.54, 1.807) is 6.92 Å². The zero-order valence-electron chi connectivity index (χ0n) is 16.8. The molecule has 1 heterocycles. The monoisotopic (exact) mass is 409 g/mol. The van der Waals surface area contributed by atoms with Gasteiger partial charge in [0, 0.05) is 17.5 Å². The van der Waals surface area contributed by atoms with Gasteiger partial charge in [0.1, 0.15) is 6.04 Å². The summed E-state index contributed by atoms with van der Waals surface area (Å²) in [5, 5.41) is 18.6. The summed E-state index contributed by atoms with van der Waals surface area (Å²) in [6, 6.07) is 17.6. The fraction of sp³-hybridized carbons (Fsp3) is 0.304. The van der Waals surface area contributed by atoms with Gasteiger partial charge in [0.05, 0.1) is 11.8 Å². The fourth-order valence-electron chi connectivity index (χ4n) is 2.99. The van der Waals surface area contributed by atoms with Crippen LogP contribution in [0, 0.1) is 6.92 Å². The molecule has 0 aliphatic rings. The number of nitrogens with zero attached hydrogens (tertiary/aromatic N) is 1. The Morgan fingerprint density at radius 2 is 1.86 bits per heavy atom. The summed E-state index contributed by atoms with van der Waals surface area (Å²) in [6.45, 7) is 4.21. The highest BCUT2D eigenvalue weighted by atomic mass is 32.1. The SMILES string of the molecule is Cc1ccc(-c2csc(N[C@H](C(=O)NCCCc3ccccc3)[C@@H](C)O)n2)cc1. The number of thiazole rings is 1. The lowest BCUT2D eigenvalue weighted by Crippen LogP contribution is -2.46. The average molecular weight is 410 g/mol. The van der Waals surface area contributed by atoms with Gasteiger partial charge >= 0.3 is 0 Å². The minimum absolute atomic E-state index is 0.222. The minimum atomic E-state index is -0.837. The second-order valence-corrected chi connectivity index (χ2v) is 8.00. The number of rotatable bonds is 9. The lowest BCUT2D eigenvalue weighted by molar-refractivity contribution is -0.123. The fourth-order valence-corrected chi connectivity index (χ4v) is 3.75. The molecule has 0 radical (unpaired) electrons. The number of aliphatic hydroxyl groups excluding tert-OH is 1. The summed E-state index contributed by atoms with van der Waals surface area (Å²) < 4.78 is 0. The van der Waals surface area contributed by atoms with Crippen LogP contribution in [-0.4, -0.2) is 34.7 Å². The molecule has 29 heavy (non-hydrogen) atoms. The van der Waals surface area contributed by atoms with E-state index in [9.17, 15) is 9.90 Å². The molecule has 0 aliphatic heterocycles. The zero-order chi connectivity index (χ0) is 20.6. The maximum Gasteiger partial charge on any atom is 0.245 e. The van der Waals surface area contributed by atoms with E-state index >= 15 is 0 Å². The van der Waals surface area contributed by atoms with Crippen molar-refractivity contribution in [1.82, 2.24) is 10.3 Å². The van der Waals surface area contributed by atoms with Crippen LogP contribution in [-0.2, 0) is 11.2 Å². The molecule has 0 fully saturated rings. The molecule has 5 nitrogen and oxygen atoms in total. The first-order valence-corrected chi connectivity index (χ1v) is 10.7. The molecule has 0 unspecified atom stereocenters. The highest BCUT2D eigenvalue weighted by Gasteiger charge is 2.24. The van der Waals surface area contributed by atoms with Crippen molar-refractivity contribution >= 4 is 22.4 Å². The molecular weight excluding hydrogens is 382 g/mol. The van der Waals surface area contributed by atoms with Gasteiger partial charge in [-0.05, 0) is 32.3 Å². The summed E-state index contributed by atoms with van der Waals surface area (Å²) in [5.41, 5.74) is 4.32. The number of hydrogen-bond donors (Lipinski definition) is 3. The van der Waals surface area contributed by atoms with Crippen LogP contribution in [0.5, 0.6) is 0 Å². The van der Waals surface area contributed by atoms with E-state index in [2.05, 4.69) is 27.8 Å². The van der Waals surface area contributed by atoms with Crippen molar-refractivity contribution in [3.63, 3.8) is 0 Å². The molecule has 0 saturated carbocycles. The topological polar surface area (TPSA) is 74.2 Å². The van der Waals surface area contributed by atoms with Gasteiger partial charge in [-0.1, -0.05) is 60.2 Å². The van der Waals surface area contributed by atoms with Gasteiger partial charge in [-0.25, -0.2) is 4.98 Å². The Labute approximate surface area is 175 Å². The van der Waals surface area contributed by atoms with Crippen molar-refractivity contribution in [2.75, 3.05) is 11.9 Å². The number of aryl methyl sites for hydroxylation is 2. The van der Waals surface area contributed by atoms with E-state index in [1.807, 2.05) is 54.8 Å². The third kappa shape index (κ3) is 6.14. The Morgan fingerprint density at radius 3 is 2.55 bits per heavy atom. The third-order valence-corrected chi connectivity index (χ3v) is 5.45. The first-order valence-electron chi connectivity index (χ1n) is 9.82. The molecule has 1 aromatic heterocycles. The predicted molar refractivity (Wildman–Crippen MR) is 119 cm³/mol. The van der Waals surface area contributed by atoms with Gasteiger partial charge < -0.3 is 15.7 Å². The van der Waals surface area contributed by atoms with Crippen LogP contribution in [0.3, 0.4) is 0 Å². The van der Waals surface area contributed by atoms with Crippen molar-refractivity contribution in [2.24, 2.45) is 0 Å². The highest BCUT2D eigenvalue weighted by Crippen LogP contribution is 2.25. The minimum Gasteiger partial charge on any atom is -0.391 e. The second kappa shape index (κ2) is 10.2. The van der Waals surface area contributed by atoms with Crippen molar-refractivity contribution in [2.45, 2.75) is 38.8 Å². The van der Waals surface area contributed by atoms with E-state index in [0.717, 1.165) is 24.1 Å². The van der Waals surface area contributed by atoms with Crippen molar-refractivity contribution in [3.05, 3.63) is 71.1 Å². The first kappa shape index (κ1) is 21.0. The summed E-state index contributed by atoms with van der Waals surface area (Å²) in [6.07, 6.45) is 0.910. The Bertz CT molecular complexity index is 907. The lowest BCUT2D eigenvalue weighted by atomic mass is 10.1. The average Bonchev–Trinajstić information content (AvgIpc) is 3.19. The summed E-state index contributed by atoms with van der Waals surface area (Å²) >= 11 is 1.42. The molecule has 0 saturated heterocycles. The maximum atomic E-state index is 12.6. The Morgan fingerprint density at radius 1 is 1.14 bits per heavy atom. The Hall–Kier alpha value is -2.70. The van der Waals surface area contributed by atoms with Crippen LogP contribution in [0.4, 0.5) is 5.13 Å². The normalized spacial score (nSPS) is 12.9. The molecule has 1 amide bonds. The van der Waals surface area contributed by atoms with Gasteiger partial charge in [-0.3, -0.25) is 4.79 Å². The quantitative estimate of drug-likeness (QED) is 0.467. The number of amides is 1. The molecule has 0 bridgehead atoms. The van der Waals surface area contributed by atoms with Crippen molar-refractivity contribution in [1.29, 1.82) is 0 Å². The lowest BCUT2D eigenvalue weighted by Gasteiger charge is -2.20. The standard InChI is InChI=1S/C23H27N3O2S/c1-16-10-12-19(13-11-16)20-15-29-23(25-20)26-21(17(2)27)22(28)24-14-6-9-18-7-4-3-5-8-18/h3-5,7-8,10-13,15,17,21,27H,6,9,14H2,1-2H3,(H,24,28)(H,25,26)/t17-,21+/m1/s1. The highest BCUT2D eigenvalue weighted by molar-refractivity contribution is 7.14. The number of nitrogens with one attached hydrogen (secondary N) is 2. The smallest absolute Gasteiger partial charge is 0.245 e. The molecule has 2 atom stereocenters. The van der Waals surface area contributed by atoms with Crippen molar-refractivity contribution in [3.8, 4) is 11.3 Å². The van der Waals surface area contributed by atoms with Gasteiger partial charge in [-0.15, -0.1) is 11.3 Å². The molecule has 3 N–H and O–H groups in total. The summed E-state index contributed by atoms with van der Waals surface area (Å²) in [4.78, 5) is 17.1. The number of benzene rings is 2. The second-order valence-electron chi connectivity index (χ2n) is 7.15. The number of aliphatic hydroxyl groups is 1. The number of carbonyl (C=O) groups is 1. The van der Waals surface area contributed by atoms with Crippen LogP contribution in [0.15, 0.2) is 60.0 Å². The Balaban J connectivity index is 1.54. The van der Waals surface area contributed by atoms with E-state index in [-0.39, 0.29) is 5.91 Å². The van der Waals surface area contributed by atoms with E-state index < -0.39 is 12.1 Å². The van der Waals surface area contributed by atoms with E-state index in [0.29, 0.717) is 11.7 Å². The molecule has 3 aromatic rings. The van der Waals surface area contributed by atoms with Crippen LogP contribution >= 0.6 is 11.3 Å². The summed E-state index contributed by atoms with van der Waals surface area (Å²) in [5.74, 6) is -0.222. The van der Waals surface area contributed by atoms with Crippen LogP contribution in [0.1, 0.15) is 24.5 Å². The zero-order valence-corrected chi connectivity index (χ0v) is 17.6. The largest absolute Gasteiger partial charge is 0.391 e. The molecular formula is C23H27N3O2S. The van der Waals surface area contributed by atoms with E-state index in [1.165, 1.54) is 22.5 Å². The number of anilines is 1. The van der Waals surface area contributed by atoms with Crippen LogP contribution in [0.2, 0.25) is 0 Å². The predicted octanol–water partition coefficient (Wildman–Crippen LogP) is 4.03. The number of aromatic nitrogens is 1. The number of carbonyl (C=O) groups excluding carboxylic acids is 1. The molecule has 0 spiro atoms. The Kier molecular flexibility index (Phi) is 7.38. The van der Waals surface area contributed by atoms with Gasteiger partial charge in [0.15, 0.2) is 5.13 Å². The molecule has 0 aliphatic carbocycles. The summed E-state index contributed by atoms with van der Waals surface area (Å²) in [7, 11) is 0. The third-order valence-electron chi connectivity index (χ3n) is 4.68. The van der Waals surface area contributed by atoms with E-state index in [4.69, 9.17) is 0 Å². The van der Waals surface area contributed by atoms with Crippen LogP contribution < -0.4 is 10.6 Å². The van der Waals surface area contributed by atoms with Gasteiger partial charge in [0.25, 0.3) is 0 Å². The molecule has 2 aromatic carbocycles. The maximum absolute atomic E-state index is 12.6. The molecule has 3 rings (SSSR count). The number of hydrogen-bond acceptors (Lipinski definition) is 5. The van der Waals surface area contributed by atoms with Crippen LogP contribution in [0.25, 0.3) is 11.3 Å². The molecule has 152 valence electrons. The molecule has 6 heteroatoms. The van der Waals surface area contributed by atoms with Crippen molar-refractivity contribution < 1.29 is 9.90 Å². The first-order chi connectivity index (χ1) is 14.0. The van der Waals surface area contributed by atoms with Gasteiger partial charge in [-0.2, -0.15) is 0 Å². The van der Waals surface area contributed by atoms with Gasteiger partial charge in [0.2, 0.25) is 5.91 Å².